The lowest BCUT2D eigenvalue weighted by molar-refractivity contribution is -0.135. The first-order valence-electron chi connectivity index (χ1n) is 8.71. The lowest BCUT2D eigenvalue weighted by Gasteiger charge is -2.25. The average Bonchev–Trinajstić information content (AvgIpc) is 2.60. The molecular weight excluding hydrogens is 350 g/mol. The van der Waals surface area contributed by atoms with Gasteiger partial charge in [-0.1, -0.05) is 22.3 Å². The molecule has 0 aliphatic carbocycles. The lowest BCUT2D eigenvalue weighted by atomic mass is 10.1. The van der Waals surface area contributed by atoms with Gasteiger partial charge in [-0.2, -0.15) is 11.8 Å². The van der Waals surface area contributed by atoms with Gasteiger partial charge in [-0.05, 0) is 32.9 Å². The van der Waals surface area contributed by atoms with Crippen molar-refractivity contribution in [2.45, 2.75) is 20.8 Å². The molecule has 1 aliphatic heterocycles. The molecule has 0 radical (unpaired) electrons. The van der Waals surface area contributed by atoms with Crippen molar-refractivity contribution in [3.8, 4) is 0 Å². The summed E-state index contributed by atoms with van der Waals surface area (Å²) in [5, 5.41) is 3.98. The van der Waals surface area contributed by atoms with E-state index >= 15 is 0 Å². The number of carbonyl (C=O) groups is 2. The smallest absolute Gasteiger partial charge is 0.263 e. The quantitative estimate of drug-likeness (QED) is 0.564. The van der Waals surface area contributed by atoms with Gasteiger partial charge in [0.2, 0.25) is 0 Å². The SMILES string of the molecule is C/C(CN(C)C(=O)c1cc(C)cc(C)c1)=N\OCC(=O)N1CCSCC1. The van der Waals surface area contributed by atoms with Crippen molar-refractivity contribution >= 4 is 29.3 Å². The Morgan fingerprint density at radius 3 is 2.42 bits per heavy atom. The third kappa shape index (κ3) is 6.05. The molecule has 26 heavy (non-hydrogen) atoms. The zero-order valence-electron chi connectivity index (χ0n) is 15.9. The molecule has 1 heterocycles. The Labute approximate surface area is 159 Å². The standard InChI is InChI=1S/C19H27N3O3S/c1-14-9-15(2)11-17(10-14)19(24)21(4)12-16(3)20-25-13-18(23)22-5-7-26-8-6-22/h9-11H,5-8,12-13H2,1-4H3/b20-16+. The van der Waals surface area contributed by atoms with Gasteiger partial charge < -0.3 is 14.6 Å². The van der Waals surface area contributed by atoms with Crippen molar-refractivity contribution in [3.63, 3.8) is 0 Å². The predicted molar refractivity (Wildman–Crippen MR) is 106 cm³/mol. The van der Waals surface area contributed by atoms with Gasteiger partial charge in [0.05, 0.1) is 12.3 Å². The minimum atomic E-state index is -0.0618. The molecular formula is C19H27N3O3S. The first-order valence-corrected chi connectivity index (χ1v) is 9.87. The van der Waals surface area contributed by atoms with Gasteiger partial charge in [0.1, 0.15) is 0 Å². The molecule has 1 aromatic carbocycles. The molecule has 1 fully saturated rings. The minimum absolute atomic E-state index is 0.0403. The third-order valence-electron chi connectivity index (χ3n) is 4.05. The molecule has 1 saturated heterocycles. The van der Waals surface area contributed by atoms with E-state index in [4.69, 9.17) is 4.84 Å². The summed E-state index contributed by atoms with van der Waals surface area (Å²) in [5.41, 5.74) is 3.43. The largest absolute Gasteiger partial charge is 0.386 e. The average molecular weight is 378 g/mol. The van der Waals surface area contributed by atoms with E-state index in [2.05, 4.69) is 5.16 Å². The minimum Gasteiger partial charge on any atom is -0.386 e. The van der Waals surface area contributed by atoms with Gasteiger partial charge >= 0.3 is 0 Å². The predicted octanol–water partition coefficient (Wildman–Crippen LogP) is 2.34. The molecule has 1 aliphatic rings. The third-order valence-corrected chi connectivity index (χ3v) is 5.00. The number of amides is 2. The number of nitrogens with zero attached hydrogens (tertiary/aromatic N) is 3. The molecule has 7 heteroatoms. The molecule has 0 saturated carbocycles. The topological polar surface area (TPSA) is 62.2 Å². The summed E-state index contributed by atoms with van der Waals surface area (Å²) >= 11 is 1.85. The van der Waals surface area contributed by atoms with E-state index in [-0.39, 0.29) is 18.4 Å². The van der Waals surface area contributed by atoms with Crippen LogP contribution in [-0.2, 0) is 9.63 Å². The summed E-state index contributed by atoms with van der Waals surface area (Å²) < 4.78 is 0. The number of aryl methyl sites for hydroxylation is 2. The Hall–Kier alpha value is -2.02. The van der Waals surface area contributed by atoms with Crippen LogP contribution in [0.15, 0.2) is 23.4 Å². The number of rotatable bonds is 6. The molecule has 6 nitrogen and oxygen atoms in total. The van der Waals surface area contributed by atoms with Crippen LogP contribution in [0, 0.1) is 13.8 Å². The maximum Gasteiger partial charge on any atom is 0.263 e. The van der Waals surface area contributed by atoms with Crippen LogP contribution in [0.2, 0.25) is 0 Å². The monoisotopic (exact) mass is 377 g/mol. The Balaban J connectivity index is 1.83. The lowest BCUT2D eigenvalue weighted by Crippen LogP contribution is -2.39. The number of hydrogen-bond acceptors (Lipinski definition) is 5. The van der Waals surface area contributed by atoms with E-state index in [1.807, 2.05) is 43.8 Å². The number of benzene rings is 1. The van der Waals surface area contributed by atoms with Gasteiger partial charge in [-0.3, -0.25) is 9.59 Å². The Morgan fingerprint density at radius 2 is 1.81 bits per heavy atom. The molecule has 2 amide bonds. The summed E-state index contributed by atoms with van der Waals surface area (Å²) in [5.74, 6) is 1.84. The highest BCUT2D eigenvalue weighted by atomic mass is 32.2. The Kier molecular flexibility index (Phi) is 7.50. The van der Waals surface area contributed by atoms with E-state index in [0.29, 0.717) is 17.8 Å². The highest BCUT2D eigenvalue weighted by Crippen LogP contribution is 2.11. The van der Waals surface area contributed by atoms with Crippen LogP contribution < -0.4 is 0 Å². The molecule has 1 aromatic rings. The van der Waals surface area contributed by atoms with Crippen LogP contribution in [0.1, 0.15) is 28.4 Å². The van der Waals surface area contributed by atoms with Gasteiger partial charge in [-0.25, -0.2) is 0 Å². The van der Waals surface area contributed by atoms with Crippen molar-refractivity contribution in [2.75, 3.05) is 44.8 Å². The zero-order chi connectivity index (χ0) is 19.1. The number of thioether (sulfide) groups is 1. The fraction of sp³-hybridized carbons (Fsp3) is 0.526. The zero-order valence-corrected chi connectivity index (χ0v) is 16.8. The first-order chi connectivity index (χ1) is 12.4. The van der Waals surface area contributed by atoms with Gasteiger partial charge in [0, 0.05) is 37.2 Å². The van der Waals surface area contributed by atoms with E-state index in [0.717, 1.165) is 35.7 Å². The van der Waals surface area contributed by atoms with Crippen LogP contribution in [0.25, 0.3) is 0 Å². The molecule has 0 N–H and O–H groups in total. The normalized spacial score (nSPS) is 14.9. The van der Waals surface area contributed by atoms with Crippen molar-refractivity contribution in [1.82, 2.24) is 9.80 Å². The molecule has 0 atom stereocenters. The second-order valence-corrected chi connectivity index (χ2v) is 7.86. The fourth-order valence-electron chi connectivity index (χ4n) is 2.86. The van der Waals surface area contributed by atoms with Crippen molar-refractivity contribution in [3.05, 3.63) is 34.9 Å². The highest BCUT2D eigenvalue weighted by Gasteiger charge is 2.17. The maximum absolute atomic E-state index is 12.5. The van der Waals surface area contributed by atoms with Crippen molar-refractivity contribution < 1.29 is 14.4 Å². The van der Waals surface area contributed by atoms with Gasteiger partial charge in [0.15, 0.2) is 6.61 Å². The van der Waals surface area contributed by atoms with E-state index in [1.54, 1.807) is 23.8 Å². The second kappa shape index (κ2) is 9.62. The number of oxime groups is 1. The number of hydrogen-bond donors (Lipinski definition) is 0. The van der Waals surface area contributed by atoms with Crippen LogP contribution >= 0.6 is 11.8 Å². The molecule has 0 aromatic heterocycles. The summed E-state index contributed by atoms with van der Waals surface area (Å²) in [6.07, 6.45) is 0. The second-order valence-electron chi connectivity index (χ2n) is 6.63. The van der Waals surface area contributed by atoms with Gasteiger partial charge in [0.25, 0.3) is 11.8 Å². The van der Waals surface area contributed by atoms with Crippen molar-refractivity contribution in [2.24, 2.45) is 5.16 Å². The molecule has 0 bridgehead atoms. The summed E-state index contributed by atoms with van der Waals surface area (Å²) in [4.78, 5) is 33.1. The summed E-state index contributed by atoms with van der Waals surface area (Å²) in [6, 6.07) is 5.80. The molecule has 0 unspecified atom stereocenters. The highest BCUT2D eigenvalue weighted by molar-refractivity contribution is 7.99. The molecule has 142 valence electrons. The Morgan fingerprint density at radius 1 is 1.19 bits per heavy atom. The van der Waals surface area contributed by atoms with Crippen LogP contribution in [0.5, 0.6) is 0 Å². The summed E-state index contributed by atoms with van der Waals surface area (Å²) in [7, 11) is 1.73. The maximum atomic E-state index is 12.5. The van der Waals surface area contributed by atoms with Crippen LogP contribution in [0.4, 0.5) is 0 Å². The van der Waals surface area contributed by atoms with Gasteiger partial charge in [-0.15, -0.1) is 0 Å². The summed E-state index contributed by atoms with van der Waals surface area (Å²) in [6.45, 7) is 7.56. The first kappa shape index (κ1) is 20.3. The van der Waals surface area contributed by atoms with Crippen LogP contribution in [0.3, 0.4) is 0 Å². The van der Waals surface area contributed by atoms with E-state index in [9.17, 15) is 9.59 Å². The molecule has 0 spiro atoms. The van der Waals surface area contributed by atoms with Crippen LogP contribution in [-0.4, -0.2) is 72.1 Å². The molecule has 2 rings (SSSR count). The Bertz CT molecular complexity index is 664. The van der Waals surface area contributed by atoms with Crippen molar-refractivity contribution in [1.29, 1.82) is 0 Å². The fourth-order valence-corrected chi connectivity index (χ4v) is 3.77. The number of carbonyl (C=O) groups excluding carboxylic acids is 2. The van der Waals surface area contributed by atoms with E-state index in [1.165, 1.54) is 0 Å². The van der Waals surface area contributed by atoms with E-state index < -0.39 is 0 Å².